The molecule has 1 atom stereocenters. The fourth-order valence-corrected chi connectivity index (χ4v) is 2.64. The van der Waals surface area contributed by atoms with E-state index in [0.717, 1.165) is 24.3 Å². The average molecular weight is 423 g/mol. The van der Waals surface area contributed by atoms with Crippen LogP contribution < -0.4 is 5.01 Å². The Kier molecular flexibility index (Phi) is 4.87. The van der Waals surface area contributed by atoms with Crippen LogP contribution in [0.15, 0.2) is 44.5 Å². The first-order valence-electron chi connectivity index (χ1n) is 7.38. The van der Waals surface area contributed by atoms with Crippen molar-refractivity contribution < 1.29 is 37.6 Å². The highest BCUT2D eigenvalue weighted by Gasteiger charge is 2.41. The number of carbonyl (C=O) groups excluding carboxylic acids is 1. The van der Waals surface area contributed by atoms with E-state index in [4.69, 9.17) is 9.66 Å². The molecule has 150 valence electrons. The molecule has 1 aromatic carbocycles. The van der Waals surface area contributed by atoms with Crippen molar-refractivity contribution in [2.45, 2.75) is 10.9 Å². The molecule has 0 saturated heterocycles. The molecule has 1 unspecified atom stereocenters. The number of hydrogen-bond donors (Lipinski definition) is 4. The smallest absolute Gasteiger partial charge is 0.373 e. The van der Waals surface area contributed by atoms with Gasteiger partial charge < -0.3 is 10.2 Å². The molecule has 0 saturated carbocycles. The Labute approximate surface area is 160 Å². The molecule has 1 aromatic heterocycles. The summed E-state index contributed by atoms with van der Waals surface area (Å²) in [5.41, 5.74) is -0.684. The normalized spacial score (nSPS) is 17.0. The van der Waals surface area contributed by atoms with Gasteiger partial charge in [-0.3, -0.25) is 14.4 Å². The number of aliphatic carboxylic acids is 1. The maximum absolute atomic E-state index is 12.5. The fourth-order valence-electron chi connectivity index (χ4n) is 2.16. The highest BCUT2D eigenvalue weighted by molar-refractivity contribution is 7.85. The Morgan fingerprint density at radius 1 is 1.14 bits per heavy atom. The predicted octanol–water partition coefficient (Wildman–Crippen LogP) is -0.311. The van der Waals surface area contributed by atoms with Crippen LogP contribution in [0.5, 0.6) is 0 Å². The third kappa shape index (κ3) is 3.96. The SMILES string of the molecule is O=C(O)C1=NN(c2ccc(S(=O)(=O)O)cc2)C(=O)C1N=Nc1n[nH]c(C(=O)O)n1. The van der Waals surface area contributed by atoms with E-state index in [9.17, 15) is 27.9 Å². The molecule has 0 bridgehead atoms. The Hall–Kier alpha value is -4.05. The lowest BCUT2D eigenvalue weighted by Gasteiger charge is -2.12. The number of H-pyrrole nitrogens is 1. The summed E-state index contributed by atoms with van der Waals surface area (Å²) in [5.74, 6) is -4.90. The lowest BCUT2D eigenvalue weighted by Crippen LogP contribution is -2.33. The van der Waals surface area contributed by atoms with Crippen molar-refractivity contribution in [1.29, 1.82) is 0 Å². The molecule has 0 aliphatic carbocycles. The number of aromatic amines is 1. The van der Waals surface area contributed by atoms with E-state index in [2.05, 4.69) is 30.5 Å². The van der Waals surface area contributed by atoms with E-state index in [-0.39, 0.29) is 5.69 Å². The molecule has 29 heavy (non-hydrogen) atoms. The van der Waals surface area contributed by atoms with Gasteiger partial charge >= 0.3 is 11.9 Å². The molecule has 3 rings (SSSR count). The second kappa shape index (κ2) is 7.17. The van der Waals surface area contributed by atoms with Crippen molar-refractivity contribution >= 4 is 45.3 Å². The zero-order valence-electron chi connectivity index (χ0n) is 13.9. The van der Waals surface area contributed by atoms with Crippen LogP contribution in [0.2, 0.25) is 0 Å². The second-order valence-electron chi connectivity index (χ2n) is 5.32. The van der Waals surface area contributed by atoms with E-state index in [1.807, 2.05) is 0 Å². The van der Waals surface area contributed by atoms with Gasteiger partial charge in [0, 0.05) is 0 Å². The highest BCUT2D eigenvalue weighted by Crippen LogP contribution is 2.24. The van der Waals surface area contributed by atoms with Crippen molar-refractivity contribution in [3.05, 3.63) is 30.1 Å². The van der Waals surface area contributed by atoms with Crippen molar-refractivity contribution in [2.75, 3.05) is 5.01 Å². The monoisotopic (exact) mass is 423 g/mol. The van der Waals surface area contributed by atoms with Gasteiger partial charge in [-0.2, -0.15) is 28.6 Å². The number of rotatable bonds is 6. The number of hydrazone groups is 1. The minimum absolute atomic E-state index is 0.00454. The van der Waals surface area contributed by atoms with Crippen LogP contribution in [0, 0.1) is 0 Å². The topological polar surface area (TPSA) is 228 Å². The van der Waals surface area contributed by atoms with Crippen LogP contribution in [0.3, 0.4) is 0 Å². The molecule has 2 heterocycles. The quantitative estimate of drug-likeness (QED) is 0.350. The number of anilines is 1. The molecule has 15 nitrogen and oxygen atoms in total. The van der Waals surface area contributed by atoms with Gasteiger partial charge in [0.2, 0.25) is 11.9 Å². The number of aromatic nitrogens is 3. The van der Waals surface area contributed by atoms with Crippen molar-refractivity contribution in [3.63, 3.8) is 0 Å². The van der Waals surface area contributed by atoms with E-state index in [0.29, 0.717) is 5.01 Å². The molecule has 0 spiro atoms. The summed E-state index contributed by atoms with van der Waals surface area (Å²) in [7, 11) is -4.46. The van der Waals surface area contributed by atoms with Gasteiger partial charge in [-0.15, -0.1) is 10.2 Å². The maximum Gasteiger partial charge on any atom is 0.373 e. The molecule has 0 fully saturated rings. The van der Waals surface area contributed by atoms with Crippen LogP contribution in [0.25, 0.3) is 0 Å². The van der Waals surface area contributed by atoms with Crippen molar-refractivity contribution in [2.24, 2.45) is 15.3 Å². The fraction of sp³-hybridized carbons (Fsp3) is 0.0769. The zero-order chi connectivity index (χ0) is 21.3. The number of nitrogens with zero attached hydrogens (tertiary/aromatic N) is 6. The maximum atomic E-state index is 12.5. The van der Waals surface area contributed by atoms with E-state index >= 15 is 0 Å². The molecule has 1 aliphatic rings. The summed E-state index contributed by atoms with van der Waals surface area (Å²) < 4.78 is 31.1. The summed E-state index contributed by atoms with van der Waals surface area (Å²) in [6, 6.07) is 2.55. The minimum atomic E-state index is -4.46. The Morgan fingerprint density at radius 3 is 2.31 bits per heavy atom. The van der Waals surface area contributed by atoms with Crippen LogP contribution in [0.4, 0.5) is 11.6 Å². The van der Waals surface area contributed by atoms with Crippen LogP contribution in [0.1, 0.15) is 10.6 Å². The minimum Gasteiger partial charge on any atom is -0.477 e. The number of azo groups is 1. The summed E-state index contributed by atoms with van der Waals surface area (Å²) >= 11 is 0. The number of benzene rings is 1. The van der Waals surface area contributed by atoms with Gasteiger partial charge in [-0.1, -0.05) is 0 Å². The standard InChI is InChI=1S/C13H9N7O8S/c21-10-7(15-17-13-14-9(12(24)25)16-18-13)8(11(22)23)19-20(10)5-1-3-6(4-2-5)29(26,27)28/h1-4,7H,(H,22,23)(H,24,25)(H,14,16,18)(H,26,27,28). The molecule has 0 radical (unpaired) electrons. The summed E-state index contributed by atoms with van der Waals surface area (Å²) in [4.78, 5) is 37.7. The summed E-state index contributed by atoms with van der Waals surface area (Å²) in [6.45, 7) is 0. The molecular weight excluding hydrogens is 414 g/mol. The Bertz CT molecular complexity index is 1170. The van der Waals surface area contributed by atoms with Crippen LogP contribution >= 0.6 is 0 Å². The summed E-state index contributed by atoms with van der Waals surface area (Å²) in [6.07, 6.45) is 0. The largest absolute Gasteiger partial charge is 0.477 e. The number of hydrogen-bond acceptors (Lipinski definition) is 10. The first-order chi connectivity index (χ1) is 13.6. The Balaban J connectivity index is 1.89. The highest BCUT2D eigenvalue weighted by atomic mass is 32.2. The van der Waals surface area contributed by atoms with Crippen LogP contribution in [-0.2, 0) is 19.7 Å². The Morgan fingerprint density at radius 2 is 1.79 bits per heavy atom. The van der Waals surface area contributed by atoms with Gasteiger partial charge in [0.05, 0.1) is 10.6 Å². The van der Waals surface area contributed by atoms with Gasteiger partial charge in [-0.25, -0.2) is 9.59 Å². The molecule has 1 aliphatic heterocycles. The third-order valence-corrected chi connectivity index (χ3v) is 4.31. The number of carboxylic acid groups (broad SMARTS) is 2. The number of aromatic carboxylic acids is 1. The number of amides is 1. The number of nitrogens with one attached hydrogen (secondary N) is 1. The summed E-state index contributed by atoms with van der Waals surface area (Å²) in [5, 5.41) is 34.8. The molecule has 2 aromatic rings. The van der Waals surface area contributed by atoms with Crippen LogP contribution in [-0.4, -0.2) is 68.0 Å². The average Bonchev–Trinajstić information content (AvgIpc) is 3.24. The molecule has 4 N–H and O–H groups in total. The lowest BCUT2D eigenvalue weighted by molar-refractivity contribution is -0.130. The molecule has 1 amide bonds. The molecular formula is C13H9N7O8S. The van der Waals surface area contributed by atoms with Crippen molar-refractivity contribution in [3.8, 4) is 0 Å². The first-order valence-corrected chi connectivity index (χ1v) is 8.82. The van der Waals surface area contributed by atoms with E-state index in [1.54, 1.807) is 0 Å². The predicted molar refractivity (Wildman–Crippen MR) is 90.5 cm³/mol. The van der Waals surface area contributed by atoms with Gasteiger partial charge in [0.1, 0.15) is 0 Å². The van der Waals surface area contributed by atoms with E-state index < -0.39 is 56.4 Å². The number of carbonyl (C=O) groups is 3. The van der Waals surface area contributed by atoms with Crippen molar-refractivity contribution in [1.82, 2.24) is 15.2 Å². The van der Waals surface area contributed by atoms with Gasteiger partial charge in [0.25, 0.3) is 22.0 Å². The van der Waals surface area contributed by atoms with Gasteiger partial charge in [-0.05, 0) is 24.3 Å². The molecule has 16 heteroatoms. The second-order valence-corrected chi connectivity index (χ2v) is 6.74. The zero-order valence-corrected chi connectivity index (χ0v) is 14.7. The third-order valence-electron chi connectivity index (χ3n) is 3.45. The lowest BCUT2D eigenvalue weighted by atomic mass is 10.2. The number of carboxylic acids is 2. The van der Waals surface area contributed by atoms with E-state index in [1.165, 1.54) is 0 Å². The van der Waals surface area contributed by atoms with Gasteiger partial charge in [0.15, 0.2) is 5.71 Å². The first kappa shape index (κ1) is 19.7.